The maximum atomic E-state index is 12.5. The molecule has 0 aliphatic rings. The quantitative estimate of drug-likeness (QED) is 0.663. The van der Waals surface area contributed by atoms with Crippen molar-refractivity contribution in [3.63, 3.8) is 0 Å². The van der Waals surface area contributed by atoms with Crippen LogP contribution in [-0.4, -0.2) is 21.7 Å². The number of hydrogen-bond donors (Lipinski definition) is 1. The summed E-state index contributed by atoms with van der Waals surface area (Å²) in [6.07, 6.45) is 1.92. The van der Waals surface area contributed by atoms with Crippen LogP contribution in [0.3, 0.4) is 0 Å². The van der Waals surface area contributed by atoms with Crippen molar-refractivity contribution >= 4 is 17.2 Å². The first kappa shape index (κ1) is 19.2. The molecule has 1 amide bonds. The molecular weight excluding hydrogens is 358 g/mol. The fraction of sp³-hybridized carbons (Fsp3) is 0.333. The Balaban J connectivity index is 1.54. The van der Waals surface area contributed by atoms with Crippen LogP contribution >= 0.6 is 11.3 Å². The van der Waals surface area contributed by atoms with E-state index in [2.05, 4.69) is 22.5 Å². The van der Waals surface area contributed by atoms with E-state index in [-0.39, 0.29) is 11.9 Å². The highest BCUT2D eigenvalue weighted by Crippen LogP contribution is 2.22. The van der Waals surface area contributed by atoms with Crippen LogP contribution in [0.4, 0.5) is 0 Å². The Morgan fingerprint density at radius 1 is 1.26 bits per heavy atom. The summed E-state index contributed by atoms with van der Waals surface area (Å²) >= 11 is 1.44. The lowest BCUT2D eigenvalue weighted by atomic mass is 10.1. The Morgan fingerprint density at radius 3 is 2.81 bits per heavy atom. The van der Waals surface area contributed by atoms with Gasteiger partial charge in [-0.2, -0.15) is 5.10 Å². The fourth-order valence-corrected chi connectivity index (χ4v) is 3.58. The van der Waals surface area contributed by atoms with Crippen molar-refractivity contribution in [2.75, 3.05) is 0 Å². The lowest BCUT2D eigenvalue weighted by Gasteiger charge is -2.13. The topological polar surface area (TPSA) is 56.1 Å². The van der Waals surface area contributed by atoms with E-state index < -0.39 is 0 Å². The van der Waals surface area contributed by atoms with Gasteiger partial charge in [0.25, 0.3) is 5.91 Å². The van der Waals surface area contributed by atoms with Crippen molar-refractivity contribution in [3.05, 3.63) is 69.2 Å². The Kier molecular flexibility index (Phi) is 5.96. The summed E-state index contributed by atoms with van der Waals surface area (Å²) in [6.45, 7) is 9.11. The SMILES string of the molecule is Cc1ccc(C)c(OCc2csc(C(=O)NC(C)Cn3ccc(C)n3)c2)c1. The van der Waals surface area contributed by atoms with Crippen molar-refractivity contribution in [1.29, 1.82) is 0 Å². The van der Waals surface area contributed by atoms with E-state index in [1.165, 1.54) is 16.9 Å². The largest absolute Gasteiger partial charge is 0.489 e. The number of carbonyl (C=O) groups is 1. The number of nitrogens with zero attached hydrogens (tertiary/aromatic N) is 2. The predicted molar refractivity (Wildman–Crippen MR) is 108 cm³/mol. The number of nitrogens with one attached hydrogen (secondary N) is 1. The average Bonchev–Trinajstić information content (AvgIpc) is 3.24. The lowest BCUT2D eigenvalue weighted by Crippen LogP contribution is -2.35. The molecule has 0 aliphatic heterocycles. The molecule has 142 valence electrons. The Bertz CT molecular complexity index is 929. The van der Waals surface area contributed by atoms with Gasteiger partial charge in [0.05, 0.1) is 17.1 Å². The summed E-state index contributed by atoms with van der Waals surface area (Å²) in [4.78, 5) is 13.2. The Hall–Kier alpha value is -2.60. The molecule has 27 heavy (non-hydrogen) atoms. The zero-order valence-corrected chi connectivity index (χ0v) is 17.0. The van der Waals surface area contributed by atoms with Crippen LogP contribution in [0.1, 0.15) is 39.0 Å². The van der Waals surface area contributed by atoms with Gasteiger partial charge in [0, 0.05) is 17.8 Å². The molecule has 5 nitrogen and oxygen atoms in total. The van der Waals surface area contributed by atoms with Gasteiger partial charge in [-0.3, -0.25) is 9.48 Å². The van der Waals surface area contributed by atoms with E-state index in [1.807, 2.05) is 62.2 Å². The van der Waals surface area contributed by atoms with Gasteiger partial charge in [-0.25, -0.2) is 0 Å². The summed E-state index contributed by atoms with van der Waals surface area (Å²) in [5, 5.41) is 9.35. The first-order valence-corrected chi connectivity index (χ1v) is 9.87. The minimum absolute atomic E-state index is 0.00598. The number of ether oxygens (including phenoxy) is 1. The van der Waals surface area contributed by atoms with E-state index in [0.717, 1.165) is 22.6 Å². The van der Waals surface area contributed by atoms with Crippen LogP contribution in [0.5, 0.6) is 5.75 Å². The van der Waals surface area contributed by atoms with E-state index in [9.17, 15) is 4.79 Å². The third kappa shape index (κ3) is 5.20. The van der Waals surface area contributed by atoms with Crippen molar-refractivity contribution in [2.45, 2.75) is 46.9 Å². The molecule has 2 heterocycles. The Labute approximate surface area is 164 Å². The van der Waals surface area contributed by atoms with Gasteiger partial charge in [0.2, 0.25) is 0 Å². The van der Waals surface area contributed by atoms with Gasteiger partial charge >= 0.3 is 0 Å². The van der Waals surface area contributed by atoms with Gasteiger partial charge in [-0.1, -0.05) is 12.1 Å². The molecule has 0 fully saturated rings. The van der Waals surface area contributed by atoms with Gasteiger partial charge in [0.1, 0.15) is 12.4 Å². The van der Waals surface area contributed by atoms with Crippen molar-refractivity contribution in [2.24, 2.45) is 0 Å². The van der Waals surface area contributed by atoms with E-state index in [4.69, 9.17) is 4.74 Å². The minimum atomic E-state index is -0.0608. The molecule has 0 saturated carbocycles. The number of amides is 1. The number of aromatic nitrogens is 2. The standard InChI is InChI=1S/C21H25N3O2S/c1-14-5-6-15(2)19(9-14)26-12-18-10-20(27-13-18)21(25)22-17(4)11-24-8-7-16(3)23-24/h5-10,13,17H,11-12H2,1-4H3,(H,22,25). The van der Waals surface area contributed by atoms with Gasteiger partial charge in [0.15, 0.2) is 0 Å². The van der Waals surface area contributed by atoms with Crippen LogP contribution in [0.2, 0.25) is 0 Å². The zero-order chi connectivity index (χ0) is 19.4. The molecule has 1 N–H and O–H groups in total. The van der Waals surface area contributed by atoms with Gasteiger partial charge in [-0.05, 0) is 62.4 Å². The highest BCUT2D eigenvalue weighted by atomic mass is 32.1. The molecule has 1 unspecified atom stereocenters. The maximum absolute atomic E-state index is 12.5. The smallest absolute Gasteiger partial charge is 0.261 e. The summed E-state index contributed by atoms with van der Waals surface area (Å²) in [5.74, 6) is 0.824. The second-order valence-electron chi connectivity index (χ2n) is 6.93. The van der Waals surface area contributed by atoms with E-state index >= 15 is 0 Å². The highest BCUT2D eigenvalue weighted by Gasteiger charge is 2.13. The second-order valence-corrected chi connectivity index (χ2v) is 7.84. The van der Waals surface area contributed by atoms with Crippen LogP contribution in [-0.2, 0) is 13.2 Å². The summed E-state index contributed by atoms with van der Waals surface area (Å²) < 4.78 is 7.77. The van der Waals surface area contributed by atoms with Gasteiger partial charge in [-0.15, -0.1) is 11.3 Å². The molecular formula is C21H25N3O2S. The van der Waals surface area contributed by atoms with E-state index in [1.54, 1.807) is 0 Å². The third-order valence-corrected chi connectivity index (χ3v) is 5.21. The number of hydrogen-bond acceptors (Lipinski definition) is 4. The molecule has 0 bridgehead atoms. The maximum Gasteiger partial charge on any atom is 0.261 e. The lowest BCUT2D eigenvalue weighted by molar-refractivity contribution is 0.0940. The number of carbonyl (C=O) groups excluding carboxylic acids is 1. The van der Waals surface area contributed by atoms with Crippen LogP contribution in [0.25, 0.3) is 0 Å². The predicted octanol–water partition coefficient (Wildman–Crippen LogP) is 4.27. The highest BCUT2D eigenvalue weighted by molar-refractivity contribution is 7.12. The van der Waals surface area contributed by atoms with Crippen LogP contribution in [0, 0.1) is 20.8 Å². The summed E-state index contributed by atoms with van der Waals surface area (Å²) in [6, 6.07) is 10.0. The first-order valence-electron chi connectivity index (χ1n) is 8.99. The van der Waals surface area contributed by atoms with Crippen LogP contribution in [0.15, 0.2) is 41.9 Å². The first-order chi connectivity index (χ1) is 12.9. The molecule has 3 aromatic rings. The molecule has 2 aromatic heterocycles. The zero-order valence-electron chi connectivity index (χ0n) is 16.2. The molecule has 0 saturated heterocycles. The number of rotatable bonds is 7. The molecule has 0 aliphatic carbocycles. The molecule has 1 atom stereocenters. The van der Waals surface area contributed by atoms with Crippen molar-refractivity contribution in [3.8, 4) is 5.75 Å². The third-order valence-electron chi connectivity index (χ3n) is 4.23. The van der Waals surface area contributed by atoms with Gasteiger partial charge < -0.3 is 10.1 Å². The molecule has 0 spiro atoms. The molecule has 1 aromatic carbocycles. The van der Waals surface area contributed by atoms with Crippen molar-refractivity contribution < 1.29 is 9.53 Å². The van der Waals surface area contributed by atoms with E-state index in [0.29, 0.717) is 18.0 Å². The fourth-order valence-electron chi connectivity index (χ4n) is 2.78. The Morgan fingerprint density at radius 2 is 2.07 bits per heavy atom. The second kappa shape index (κ2) is 8.39. The minimum Gasteiger partial charge on any atom is -0.489 e. The molecule has 3 rings (SSSR count). The summed E-state index contributed by atoms with van der Waals surface area (Å²) in [5.41, 5.74) is 4.25. The molecule has 6 heteroatoms. The number of benzene rings is 1. The normalized spacial score (nSPS) is 12.0. The monoisotopic (exact) mass is 383 g/mol. The van der Waals surface area contributed by atoms with Crippen LogP contribution < -0.4 is 10.1 Å². The summed E-state index contributed by atoms with van der Waals surface area (Å²) in [7, 11) is 0. The molecule has 0 radical (unpaired) electrons. The van der Waals surface area contributed by atoms with Crippen molar-refractivity contribution in [1.82, 2.24) is 15.1 Å². The number of aryl methyl sites for hydroxylation is 3. The average molecular weight is 384 g/mol. The number of thiophene rings is 1.